The first-order valence-corrected chi connectivity index (χ1v) is 6.31. The van der Waals surface area contributed by atoms with Crippen molar-refractivity contribution in [3.05, 3.63) is 0 Å². The molecule has 86 valence electrons. The molecule has 0 amide bonds. The van der Waals surface area contributed by atoms with Crippen LogP contribution in [-0.2, 0) is 9.47 Å². The maximum absolute atomic E-state index is 6.48. The number of hydrogen-bond donors (Lipinski definition) is 1. The minimum Gasteiger partial charge on any atom is -0.378 e. The summed E-state index contributed by atoms with van der Waals surface area (Å²) in [5, 5.41) is 3.57. The van der Waals surface area contributed by atoms with Gasteiger partial charge in [-0.2, -0.15) is 0 Å². The minimum absolute atomic E-state index is 0.00951. The zero-order valence-electron chi connectivity index (χ0n) is 9.39. The smallest absolute Gasteiger partial charge is 0.107 e. The van der Waals surface area contributed by atoms with E-state index in [1.54, 1.807) is 0 Å². The Morgan fingerprint density at radius 3 is 2.40 bits per heavy atom. The third kappa shape index (κ3) is 1.81. The van der Waals surface area contributed by atoms with Gasteiger partial charge in [0.15, 0.2) is 0 Å². The van der Waals surface area contributed by atoms with E-state index in [2.05, 4.69) is 5.32 Å². The molecule has 2 saturated heterocycles. The monoisotopic (exact) mass is 211 g/mol. The lowest BCUT2D eigenvalue weighted by molar-refractivity contribution is -0.189. The van der Waals surface area contributed by atoms with Crippen LogP contribution in [0.4, 0.5) is 0 Å². The van der Waals surface area contributed by atoms with E-state index in [0.29, 0.717) is 0 Å². The predicted octanol–water partition coefficient (Wildman–Crippen LogP) is 1.47. The number of rotatable bonds is 0. The summed E-state index contributed by atoms with van der Waals surface area (Å²) in [6, 6.07) is 0. The third-order valence-corrected chi connectivity index (χ3v) is 4.16. The van der Waals surface area contributed by atoms with Crippen LogP contribution in [0, 0.1) is 0 Å². The Labute approximate surface area is 91.5 Å². The SMILES string of the molecule is C1CCC2(CC1)CNCC1(CCOC1)O2. The first-order valence-electron chi connectivity index (χ1n) is 6.31. The van der Waals surface area contributed by atoms with Crippen LogP contribution in [0.1, 0.15) is 38.5 Å². The standard InChI is InChI=1S/C12H21NO2/c1-2-4-11(5-3-1)8-13-9-12(15-11)6-7-14-10-12/h13H,1-10H2. The molecule has 1 N–H and O–H groups in total. The van der Waals surface area contributed by atoms with Gasteiger partial charge in [0, 0.05) is 26.1 Å². The van der Waals surface area contributed by atoms with E-state index in [1.807, 2.05) is 0 Å². The summed E-state index contributed by atoms with van der Waals surface area (Å²) in [7, 11) is 0. The number of nitrogens with one attached hydrogen (secondary N) is 1. The highest BCUT2D eigenvalue weighted by molar-refractivity contribution is 4.99. The highest BCUT2D eigenvalue weighted by Gasteiger charge is 2.47. The van der Waals surface area contributed by atoms with E-state index in [4.69, 9.17) is 9.47 Å². The highest BCUT2D eigenvalue weighted by atomic mass is 16.6. The van der Waals surface area contributed by atoms with Gasteiger partial charge in [-0.05, 0) is 12.8 Å². The molecule has 3 fully saturated rings. The Balaban J connectivity index is 1.74. The van der Waals surface area contributed by atoms with Gasteiger partial charge in [-0.1, -0.05) is 19.3 Å². The quantitative estimate of drug-likeness (QED) is 0.658. The van der Waals surface area contributed by atoms with Gasteiger partial charge in [0.05, 0.1) is 12.2 Å². The maximum Gasteiger partial charge on any atom is 0.107 e. The van der Waals surface area contributed by atoms with Crippen molar-refractivity contribution < 1.29 is 9.47 Å². The van der Waals surface area contributed by atoms with Gasteiger partial charge in [0.25, 0.3) is 0 Å². The summed E-state index contributed by atoms with van der Waals surface area (Å²) in [6.07, 6.45) is 7.59. The third-order valence-electron chi connectivity index (χ3n) is 4.16. The molecule has 3 nitrogen and oxygen atoms in total. The fraction of sp³-hybridized carbons (Fsp3) is 1.00. The minimum atomic E-state index is 0.00951. The normalized spacial score (nSPS) is 40.0. The second-order valence-electron chi connectivity index (χ2n) is 5.43. The molecule has 2 aliphatic heterocycles. The maximum atomic E-state index is 6.48. The summed E-state index contributed by atoms with van der Waals surface area (Å²) in [6.45, 7) is 3.70. The molecular formula is C12H21NO2. The average Bonchev–Trinajstić information content (AvgIpc) is 2.67. The average molecular weight is 211 g/mol. The molecule has 3 heteroatoms. The second kappa shape index (κ2) is 3.72. The Hall–Kier alpha value is -0.120. The Bertz CT molecular complexity index is 224. The van der Waals surface area contributed by atoms with E-state index in [-0.39, 0.29) is 11.2 Å². The van der Waals surface area contributed by atoms with Crippen molar-refractivity contribution in [2.45, 2.75) is 49.7 Å². The molecule has 1 atom stereocenters. The van der Waals surface area contributed by atoms with E-state index in [0.717, 1.165) is 32.7 Å². The predicted molar refractivity (Wildman–Crippen MR) is 57.9 cm³/mol. The molecule has 0 bridgehead atoms. The zero-order chi connectivity index (χ0) is 10.2. The topological polar surface area (TPSA) is 30.5 Å². The molecule has 3 aliphatic rings. The van der Waals surface area contributed by atoms with Gasteiger partial charge in [-0.15, -0.1) is 0 Å². The van der Waals surface area contributed by atoms with Gasteiger partial charge < -0.3 is 14.8 Å². The summed E-state index contributed by atoms with van der Waals surface area (Å²) < 4.78 is 12.0. The molecule has 0 aromatic carbocycles. The van der Waals surface area contributed by atoms with Gasteiger partial charge >= 0.3 is 0 Å². The van der Waals surface area contributed by atoms with Crippen LogP contribution < -0.4 is 5.32 Å². The first-order chi connectivity index (χ1) is 7.33. The van der Waals surface area contributed by atoms with Crippen molar-refractivity contribution in [3.8, 4) is 0 Å². The molecule has 0 aromatic heterocycles. The van der Waals surface area contributed by atoms with Gasteiger partial charge in [0.1, 0.15) is 5.60 Å². The van der Waals surface area contributed by atoms with Gasteiger partial charge in [0.2, 0.25) is 0 Å². The molecular weight excluding hydrogens is 190 g/mol. The van der Waals surface area contributed by atoms with Crippen LogP contribution in [0.5, 0.6) is 0 Å². The lowest BCUT2D eigenvalue weighted by Crippen LogP contribution is -2.61. The van der Waals surface area contributed by atoms with Crippen LogP contribution >= 0.6 is 0 Å². The van der Waals surface area contributed by atoms with Crippen molar-refractivity contribution in [1.82, 2.24) is 5.32 Å². The van der Waals surface area contributed by atoms with Crippen LogP contribution in [0.2, 0.25) is 0 Å². The lowest BCUT2D eigenvalue weighted by Gasteiger charge is -2.48. The van der Waals surface area contributed by atoms with Crippen LogP contribution in [0.15, 0.2) is 0 Å². The molecule has 1 saturated carbocycles. The van der Waals surface area contributed by atoms with Crippen LogP contribution in [0.3, 0.4) is 0 Å². The van der Waals surface area contributed by atoms with E-state index in [9.17, 15) is 0 Å². The number of morpholine rings is 1. The second-order valence-corrected chi connectivity index (χ2v) is 5.43. The summed E-state index contributed by atoms with van der Waals surface area (Å²) >= 11 is 0. The molecule has 15 heavy (non-hydrogen) atoms. The van der Waals surface area contributed by atoms with E-state index >= 15 is 0 Å². The van der Waals surface area contributed by atoms with Crippen molar-refractivity contribution >= 4 is 0 Å². The highest BCUT2D eigenvalue weighted by Crippen LogP contribution is 2.39. The van der Waals surface area contributed by atoms with Gasteiger partial charge in [-0.3, -0.25) is 0 Å². The molecule has 2 spiro atoms. The van der Waals surface area contributed by atoms with Crippen molar-refractivity contribution in [2.24, 2.45) is 0 Å². The fourth-order valence-electron chi connectivity index (χ4n) is 3.33. The Kier molecular flexibility index (Phi) is 2.49. The first kappa shape index (κ1) is 10.1. The Morgan fingerprint density at radius 2 is 1.67 bits per heavy atom. The van der Waals surface area contributed by atoms with Gasteiger partial charge in [-0.25, -0.2) is 0 Å². The van der Waals surface area contributed by atoms with Crippen LogP contribution in [-0.4, -0.2) is 37.5 Å². The van der Waals surface area contributed by atoms with E-state index in [1.165, 1.54) is 32.1 Å². The van der Waals surface area contributed by atoms with Crippen LogP contribution in [0.25, 0.3) is 0 Å². The molecule has 1 aliphatic carbocycles. The summed E-state index contributed by atoms with van der Waals surface area (Å²) in [5.41, 5.74) is 0.153. The molecule has 3 rings (SSSR count). The number of hydrogen-bond acceptors (Lipinski definition) is 3. The molecule has 0 radical (unpaired) electrons. The van der Waals surface area contributed by atoms with Crippen molar-refractivity contribution in [3.63, 3.8) is 0 Å². The summed E-state index contributed by atoms with van der Waals surface area (Å²) in [5.74, 6) is 0. The molecule has 2 heterocycles. The Morgan fingerprint density at radius 1 is 0.867 bits per heavy atom. The van der Waals surface area contributed by atoms with Crippen molar-refractivity contribution in [2.75, 3.05) is 26.3 Å². The number of ether oxygens (including phenoxy) is 2. The zero-order valence-corrected chi connectivity index (χ0v) is 9.39. The molecule has 1 unspecified atom stereocenters. The fourth-order valence-corrected chi connectivity index (χ4v) is 3.33. The molecule has 0 aromatic rings. The van der Waals surface area contributed by atoms with E-state index < -0.39 is 0 Å². The summed E-state index contributed by atoms with van der Waals surface area (Å²) in [4.78, 5) is 0. The lowest BCUT2D eigenvalue weighted by atomic mass is 9.82. The van der Waals surface area contributed by atoms with Crippen molar-refractivity contribution in [1.29, 1.82) is 0 Å². The largest absolute Gasteiger partial charge is 0.378 e.